The van der Waals surface area contributed by atoms with E-state index >= 15 is 0 Å². The highest BCUT2D eigenvalue weighted by Crippen LogP contribution is 2.36. The summed E-state index contributed by atoms with van der Waals surface area (Å²) in [6, 6.07) is 6.48. The summed E-state index contributed by atoms with van der Waals surface area (Å²) in [7, 11) is 0. The molecule has 0 amide bonds. The summed E-state index contributed by atoms with van der Waals surface area (Å²) in [4.78, 5) is 4.62. The zero-order valence-corrected chi connectivity index (χ0v) is 13.3. The van der Waals surface area contributed by atoms with E-state index in [-0.39, 0.29) is 0 Å². The third kappa shape index (κ3) is 2.84. The lowest BCUT2D eigenvalue weighted by atomic mass is 9.98. The maximum Gasteiger partial charge on any atom is 0.257 e. The van der Waals surface area contributed by atoms with Crippen LogP contribution in [-0.4, -0.2) is 33.9 Å². The van der Waals surface area contributed by atoms with Gasteiger partial charge in [-0.1, -0.05) is 11.2 Å². The Labute approximate surface area is 132 Å². The molecule has 2 aromatic rings. The highest BCUT2D eigenvalue weighted by Gasteiger charge is 2.22. The van der Waals surface area contributed by atoms with Gasteiger partial charge < -0.3 is 9.84 Å². The van der Waals surface area contributed by atoms with Crippen molar-refractivity contribution < 1.29 is 4.52 Å². The summed E-state index contributed by atoms with van der Waals surface area (Å²) in [5, 5.41) is 7.97. The third-order valence-electron chi connectivity index (χ3n) is 3.89. The number of benzene rings is 1. The molecule has 1 saturated heterocycles. The summed E-state index contributed by atoms with van der Waals surface area (Å²) in [6.07, 6.45) is 1.10. The van der Waals surface area contributed by atoms with Crippen LogP contribution in [0.3, 0.4) is 0 Å². The number of fused-ring (bicyclic) bond motifs is 1. The molecule has 0 spiro atoms. The minimum atomic E-state index is 0.376. The Morgan fingerprint density at radius 1 is 1.24 bits per heavy atom. The van der Waals surface area contributed by atoms with Crippen molar-refractivity contribution in [1.29, 1.82) is 0 Å². The van der Waals surface area contributed by atoms with Crippen LogP contribution in [0.25, 0.3) is 11.5 Å². The molecule has 2 aliphatic rings. The summed E-state index contributed by atoms with van der Waals surface area (Å²) >= 11 is 3.90. The number of rotatable bonds is 2. The van der Waals surface area contributed by atoms with Crippen molar-refractivity contribution in [1.82, 2.24) is 15.5 Å². The number of hydrogen-bond acceptors (Lipinski definition) is 6. The Bertz CT molecular complexity index is 638. The van der Waals surface area contributed by atoms with Crippen LogP contribution in [0.2, 0.25) is 0 Å². The van der Waals surface area contributed by atoms with E-state index < -0.39 is 0 Å². The van der Waals surface area contributed by atoms with Gasteiger partial charge in [0, 0.05) is 29.4 Å². The van der Waals surface area contributed by atoms with Gasteiger partial charge in [-0.15, -0.1) is 11.8 Å². The standard InChI is InChI=1S/C15H17N3OS2/c1-2-11(7-12-8-16-4-3-10(1)12)15-17-14(18-19-15)13-9-20-5-6-21-13/h1-2,7,13,16H,3-6,8-9H2. The van der Waals surface area contributed by atoms with Gasteiger partial charge >= 0.3 is 0 Å². The van der Waals surface area contributed by atoms with Crippen LogP contribution in [0.5, 0.6) is 0 Å². The molecule has 4 rings (SSSR count). The smallest absolute Gasteiger partial charge is 0.257 e. The van der Waals surface area contributed by atoms with E-state index in [0.717, 1.165) is 36.7 Å². The van der Waals surface area contributed by atoms with E-state index in [1.54, 1.807) is 0 Å². The predicted octanol–water partition coefficient (Wildman–Crippen LogP) is 2.90. The first kappa shape index (κ1) is 13.7. The average molecular weight is 319 g/mol. The third-order valence-corrected chi connectivity index (χ3v) is 6.64. The van der Waals surface area contributed by atoms with Gasteiger partial charge in [-0.25, -0.2) is 0 Å². The molecule has 4 nitrogen and oxygen atoms in total. The molecule has 0 bridgehead atoms. The van der Waals surface area contributed by atoms with Gasteiger partial charge in [-0.05, 0) is 36.2 Å². The Hall–Kier alpha value is -0.980. The normalized spacial score (nSPS) is 22.0. The minimum Gasteiger partial charge on any atom is -0.334 e. The van der Waals surface area contributed by atoms with Crippen LogP contribution < -0.4 is 5.32 Å². The van der Waals surface area contributed by atoms with Gasteiger partial charge in [0.05, 0.1) is 5.25 Å². The molecule has 21 heavy (non-hydrogen) atoms. The molecule has 0 saturated carbocycles. The average Bonchev–Trinajstić information content (AvgIpc) is 3.05. The molecular formula is C15H17N3OS2. The summed E-state index contributed by atoms with van der Waals surface area (Å²) in [6.45, 7) is 1.99. The molecule has 110 valence electrons. The number of hydrogen-bond donors (Lipinski definition) is 1. The van der Waals surface area contributed by atoms with E-state index in [4.69, 9.17) is 4.52 Å². The fraction of sp³-hybridized carbons (Fsp3) is 0.467. The van der Waals surface area contributed by atoms with Crippen molar-refractivity contribution in [2.75, 3.05) is 23.8 Å². The molecular weight excluding hydrogens is 302 g/mol. The van der Waals surface area contributed by atoms with Crippen molar-refractivity contribution in [3.05, 3.63) is 35.2 Å². The van der Waals surface area contributed by atoms with E-state index in [0.29, 0.717) is 11.1 Å². The van der Waals surface area contributed by atoms with Crippen LogP contribution >= 0.6 is 23.5 Å². The number of nitrogens with one attached hydrogen (secondary N) is 1. The first-order valence-electron chi connectivity index (χ1n) is 7.26. The van der Waals surface area contributed by atoms with Crippen molar-refractivity contribution in [3.63, 3.8) is 0 Å². The molecule has 1 N–H and O–H groups in total. The van der Waals surface area contributed by atoms with E-state index in [9.17, 15) is 0 Å². The Kier molecular flexibility index (Phi) is 3.92. The molecule has 0 aliphatic carbocycles. The highest BCUT2D eigenvalue weighted by atomic mass is 32.2. The summed E-state index contributed by atoms with van der Waals surface area (Å²) in [5.41, 5.74) is 3.81. The van der Waals surface area contributed by atoms with Crippen molar-refractivity contribution in [2.45, 2.75) is 18.2 Å². The predicted molar refractivity (Wildman–Crippen MR) is 87.7 cm³/mol. The zero-order valence-electron chi connectivity index (χ0n) is 11.7. The molecule has 2 aliphatic heterocycles. The fourth-order valence-electron chi connectivity index (χ4n) is 2.73. The van der Waals surface area contributed by atoms with Crippen molar-refractivity contribution in [3.8, 4) is 11.5 Å². The zero-order chi connectivity index (χ0) is 14.1. The molecule has 0 radical (unpaired) electrons. The molecule has 1 fully saturated rings. The van der Waals surface area contributed by atoms with E-state index in [1.807, 2.05) is 23.5 Å². The molecule has 1 aromatic heterocycles. The van der Waals surface area contributed by atoms with Gasteiger partial charge in [0.2, 0.25) is 0 Å². The van der Waals surface area contributed by atoms with Gasteiger partial charge in [0.1, 0.15) is 0 Å². The number of aromatic nitrogens is 2. The molecule has 3 heterocycles. The lowest BCUT2D eigenvalue weighted by molar-refractivity contribution is 0.423. The number of thioether (sulfide) groups is 2. The summed E-state index contributed by atoms with van der Waals surface area (Å²) in [5.74, 6) is 4.97. The van der Waals surface area contributed by atoms with Crippen molar-refractivity contribution in [2.24, 2.45) is 0 Å². The Morgan fingerprint density at radius 3 is 3.14 bits per heavy atom. The second-order valence-corrected chi connectivity index (χ2v) is 7.76. The fourth-order valence-corrected chi connectivity index (χ4v) is 5.32. The van der Waals surface area contributed by atoms with Crippen LogP contribution in [0.15, 0.2) is 22.7 Å². The maximum absolute atomic E-state index is 5.49. The first-order chi connectivity index (χ1) is 10.4. The molecule has 1 unspecified atom stereocenters. The SMILES string of the molecule is c1cc2c(cc1-c1nc(C3CSCCS3)no1)CNCC2. The second kappa shape index (κ2) is 6.02. The summed E-state index contributed by atoms with van der Waals surface area (Å²) < 4.78 is 5.49. The van der Waals surface area contributed by atoms with Crippen LogP contribution in [-0.2, 0) is 13.0 Å². The largest absolute Gasteiger partial charge is 0.334 e. The first-order valence-corrected chi connectivity index (χ1v) is 9.46. The second-order valence-electron chi connectivity index (χ2n) is 5.30. The topological polar surface area (TPSA) is 51.0 Å². The lowest BCUT2D eigenvalue weighted by Gasteiger charge is -2.17. The monoisotopic (exact) mass is 319 g/mol. The quantitative estimate of drug-likeness (QED) is 0.918. The van der Waals surface area contributed by atoms with Gasteiger partial charge in [-0.2, -0.15) is 16.7 Å². The minimum absolute atomic E-state index is 0.376. The van der Waals surface area contributed by atoms with Gasteiger partial charge in [-0.3, -0.25) is 0 Å². The maximum atomic E-state index is 5.49. The van der Waals surface area contributed by atoms with E-state index in [2.05, 4.69) is 33.7 Å². The van der Waals surface area contributed by atoms with E-state index in [1.165, 1.54) is 22.6 Å². The van der Waals surface area contributed by atoms with Crippen LogP contribution in [0.1, 0.15) is 22.2 Å². The lowest BCUT2D eigenvalue weighted by Crippen LogP contribution is -2.23. The van der Waals surface area contributed by atoms with Gasteiger partial charge in [0.25, 0.3) is 5.89 Å². The molecule has 6 heteroatoms. The number of nitrogens with zero attached hydrogens (tertiary/aromatic N) is 2. The van der Waals surface area contributed by atoms with Crippen LogP contribution in [0.4, 0.5) is 0 Å². The van der Waals surface area contributed by atoms with Crippen molar-refractivity contribution >= 4 is 23.5 Å². The molecule has 1 aromatic carbocycles. The highest BCUT2D eigenvalue weighted by molar-refractivity contribution is 8.06. The van der Waals surface area contributed by atoms with Gasteiger partial charge in [0.15, 0.2) is 5.82 Å². The Morgan fingerprint density at radius 2 is 2.24 bits per heavy atom. The van der Waals surface area contributed by atoms with Crippen LogP contribution in [0, 0.1) is 0 Å². The Balaban J connectivity index is 1.60. The molecule has 1 atom stereocenters.